The highest BCUT2D eigenvalue weighted by Gasteiger charge is 1.99. The molecule has 0 aliphatic heterocycles. The van der Waals surface area contributed by atoms with Gasteiger partial charge in [0.15, 0.2) is 5.96 Å². The number of nitrogens with one attached hydrogen (secondary N) is 1. The van der Waals surface area contributed by atoms with E-state index < -0.39 is 0 Å². The number of aromatic nitrogens is 2. The number of anilines is 1. The van der Waals surface area contributed by atoms with Crippen LogP contribution in [0, 0.1) is 0 Å². The average molecular weight is 385 g/mol. The Morgan fingerprint density at radius 2 is 2.25 bits per heavy atom. The van der Waals surface area contributed by atoms with Crippen LogP contribution in [0.15, 0.2) is 41.8 Å². The molecule has 0 bridgehead atoms. The minimum Gasteiger partial charge on any atom is -0.370 e. The number of aryl methyl sites for hydroxylation is 2. The van der Waals surface area contributed by atoms with E-state index in [9.17, 15) is 0 Å². The number of nitrogens with zero attached hydrogens (tertiary/aromatic N) is 3. The molecular formula is C14H20IN5. The Bertz CT molecular complexity index is 576. The van der Waals surface area contributed by atoms with Crippen molar-refractivity contribution in [3.05, 3.63) is 48.0 Å². The fourth-order valence-electron chi connectivity index (χ4n) is 1.76. The summed E-state index contributed by atoms with van der Waals surface area (Å²) in [5.41, 5.74) is 9.13. The number of imidazole rings is 1. The van der Waals surface area contributed by atoms with Crippen LogP contribution in [-0.2, 0) is 20.0 Å². The second-order valence-electron chi connectivity index (χ2n) is 4.38. The van der Waals surface area contributed by atoms with E-state index in [1.54, 1.807) is 12.5 Å². The predicted octanol–water partition coefficient (Wildman–Crippen LogP) is 2.53. The summed E-state index contributed by atoms with van der Waals surface area (Å²) in [6.07, 6.45) is 4.54. The molecule has 0 unspecified atom stereocenters. The van der Waals surface area contributed by atoms with Crippen LogP contribution in [0.1, 0.15) is 18.2 Å². The Balaban J connectivity index is 0.00000200. The first-order valence-corrected chi connectivity index (χ1v) is 6.30. The zero-order valence-electron chi connectivity index (χ0n) is 11.7. The number of guanidine groups is 1. The molecule has 0 spiro atoms. The fourth-order valence-corrected chi connectivity index (χ4v) is 1.76. The summed E-state index contributed by atoms with van der Waals surface area (Å²) >= 11 is 0. The van der Waals surface area contributed by atoms with Gasteiger partial charge in [-0.25, -0.2) is 9.98 Å². The topological polar surface area (TPSA) is 68.2 Å². The van der Waals surface area contributed by atoms with Gasteiger partial charge in [-0.15, -0.1) is 24.0 Å². The highest BCUT2D eigenvalue weighted by atomic mass is 127. The van der Waals surface area contributed by atoms with Gasteiger partial charge in [-0.3, -0.25) is 0 Å². The summed E-state index contributed by atoms with van der Waals surface area (Å²) in [6.45, 7) is 2.64. The van der Waals surface area contributed by atoms with Crippen LogP contribution in [0.2, 0.25) is 0 Å². The maximum absolute atomic E-state index is 5.87. The molecule has 2 rings (SSSR count). The van der Waals surface area contributed by atoms with E-state index in [0.29, 0.717) is 12.5 Å². The van der Waals surface area contributed by atoms with E-state index in [1.165, 1.54) is 5.56 Å². The number of aliphatic imine (C=N–C) groups is 1. The molecule has 6 heteroatoms. The number of nitrogens with two attached hydrogens (primary N) is 1. The summed E-state index contributed by atoms with van der Waals surface area (Å²) in [5.74, 6) is 0.412. The lowest BCUT2D eigenvalue weighted by Crippen LogP contribution is -2.22. The zero-order chi connectivity index (χ0) is 13.7. The quantitative estimate of drug-likeness (QED) is 0.483. The van der Waals surface area contributed by atoms with Gasteiger partial charge in [-0.2, -0.15) is 0 Å². The van der Waals surface area contributed by atoms with E-state index in [1.807, 2.05) is 23.7 Å². The molecule has 2 aromatic rings. The maximum atomic E-state index is 5.87. The average Bonchev–Trinajstić information content (AvgIpc) is 2.82. The number of benzene rings is 1. The second-order valence-corrected chi connectivity index (χ2v) is 4.38. The third-order valence-electron chi connectivity index (χ3n) is 2.94. The minimum absolute atomic E-state index is 0. The summed E-state index contributed by atoms with van der Waals surface area (Å²) in [7, 11) is 1.94. The maximum Gasteiger partial charge on any atom is 0.193 e. The molecule has 0 fully saturated rings. The lowest BCUT2D eigenvalue weighted by atomic mass is 10.1. The van der Waals surface area contributed by atoms with Gasteiger partial charge in [0, 0.05) is 12.7 Å². The number of halogens is 1. The first kappa shape index (κ1) is 16.5. The molecule has 1 aromatic carbocycles. The van der Waals surface area contributed by atoms with Crippen LogP contribution in [0.5, 0.6) is 0 Å². The molecule has 0 amide bonds. The summed E-state index contributed by atoms with van der Waals surface area (Å²) in [5, 5.41) is 3.10. The first-order chi connectivity index (χ1) is 9.19. The molecule has 1 aromatic heterocycles. The molecule has 0 saturated carbocycles. The van der Waals surface area contributed by atoms with Crippen LogP contribution in [0.25, 0.3) is 0 Å². The van der Waals surface area contributed by atoms with Gasteiger partial charge in [-0.1, -0.05) is 19.1 Å². The first-order valence-electron chi connectivity index (χ1n) is 6.30. The lowest BCUT2D eigenvalue weighted by molar-refractivity contribution is 0.820. The van der Waals surface area contributed by atoms with Crippen molar-refractivity contribution in [2.75, 3.05) is 5.32 Å². The third-order valence-corrected chi connectivity index (χ3v) is 2.94. The van der Waals surface area contributed by atoms with Crippen LogP contribution >= 0.6 is 24.0 Å². The Hall–Kier alpha value is -1.57. The van der Waals surface area contributed by atoms with Crippen molar-refractivity contribution in [2.45, 2.75) is 19.9 Å². The largest absolute Gasteiger partial charge is 0.370 e. The van der Waals surface area contributed by atoms with Gasteiger partial charge in [0.05, 0.1) is 24.8 Å². The summed E-state index contributed by atoms with van der Waals surface area (Å²) in [4.78, 5) is 8.34. The van der Waals surface area contributed by atoms with Crippen molar-refractivity contribution in [3.8, 4) is 0 Å². The smallest absolute Gasteiger partial charge is 0.193 e. The molecule has 5 nitrogen and oxygen atoms in total. The Morgan fingerprint density at radius 1 is 1.45 bits per heavy atom. The molecule has 0 saturated heterocycles. The number of rotatable bonds is 4. The highest BCUT2D eigenvalue weighted by molar-refractivity contribution is 14.0. The fraction of sp³-hybridized carbons (Fsp3) is 0.286. The lowest BCUT2D eigenvalue weighted by Gasteiger charge is -2.07. The van der Waals surface area contributed by atoms with Crippen LogP contribution in [0.3, 0.4) is 0 Å². The molecule has 0 radical (unpaired) electrons. The summed E-state index contributed by atoms with van der Waals surface area (Å²) in [6, 6.07) is 8.15. The Morgan fingerprint density at radius 3 is 2.90 bits per heavy atom. The standard InChI is InChI=1S/C14H19N5.HI/c1-3-11-5-4-6-12(7-11)18-14(15)17-9-13-8-16-10-19(13)2;/h4-8,10H,3,9H2,1-2H3,(H3,15,17,18);1H. The predicted molar refractivity (Wildman–Crippen MR) is 93.4 cm³/mol. The van der Waals surface area contributed by atoms with E-state index >= 15 is 0 Å². The zero-order valence-corrected chi connectivity index (χ0v) is 14.0. The second kappa shape index (κ2) is 7.88. The van der Waals surface area contributed by atoms with Crippen LogP contribution in [-0.4, -0.2) is 15.5 Å². The van der Waals surface area contributed by atoms with Crippen molar-refractivity contribution in [2.24, 2.45) is 17.8 Å². The van der Waals surface area contributed by atoms with Crippen LogP contribution in [0.4, 0.5) is 5.69 Å². The van der Waals surface area contributed by atoms with Gasteiger partial charge in [-0.05, 0) is 24.1 Å². The summed E-state index contributed by atoms with van der Waals surface area (Å²) < 4.78 is 1.93. The number of hydrogen-bond acceptors (Lipinski definition) is 2. The SMILES string of the molecule is CCc1cccc(NC(N)=NCc2cncn2C)c1.I. The molecule has 0 aliphatic rings. The monoisotopic (exact) mass is 385 g/mol. The van der Waals surface area contributed by atoms with Gasteiger partial charge < -0.3 is 15.6 Å². The van der Waals surface area contributed by atoms with Gasteiger partial charge in [0.1, 0.15) is 0 Å². The highest BCUT2D eigenvalue weighted by Crippen LogP contribution is 2.10. The van der Waals surface area contributed by atoms with Crippen molar-refractivity contribution in [1.29, 1.82) is 0 Å². The molecule has 0 aliphatic carbocycles. The Kier molecular flexibility index (Phi) is 6.50. The molecule has 20 heavy (non-hydrogen) atoms. The van der Waals surface area contributed by atoms with Gasteiger partial charge in [0.2, 0.25) is 0 Å². The minimum atomic E-state index is 0. The van der Waals surface area contributed by atoms with E-state index in [2.05, 4.69) is 34.3 Å². The molecule has 108 valence electrons. The molecular weight excluding hydrogens is 365 g/mol. The van der Waals surface area contributed by atoms with Crippen LogP contribution < -0.4 is 11.1 Å². The van der Waals surface area contributed by atoms with E-state index in [4.69, 9.17) is 5.73 Å². The normalized spacial score (nSPS) is 11.0. The van der Waals surface area contributed by atoms with E-state index in [0.717, 1.165) is 17.8 Å². The van der Waals surface area contributed by atoms with Crippen molar-refractivity contribution < 1.29 is 0 Å². The van der Waals surface area contributed by atoms with Crippen molar-refractivity contribution >= 4 is 35.6 Å². The number of hydrogen-bond donors (Lipinski definition) is 2. The molecule has 1 heterocycles. The van der Waals surface area contributed by atoms with Gasteiger partial charge in [0.25, 0.3) is 0 Å². The molecule has 3 N–H and O–H groups in total. The van der Waals surface area contributed by atoms with Gasteiger partial charge >= 0.3 is 0 Å². The van der Waals surface area contributed by atoms with E-state index in [-0.39, 0.29) is 24.0 Å². The van der Waals surface area contributed by atoms with Crippen molar-refractivity contribution in [3.63, 3.8) is 0 Å². The van der Waals surface area contributed by atoms with Crippen molar-refractivity contribution in [1.82, 2.24) is 9.55 Å². The third kappa shape index (κ3) is 4.52. The molecule has 0 atom stereocenters. The Labute approximate surface area is 136 Å².